The average Bonchev–Trinajstić information content (AvgIpc) is 2.46. The molecular formula is C18H30F6O2. The molecule has 0 bridgehead atoms. The van der Waals surface area contributed by atoms with Crippen molar-refractivity contribution in [1.82, 2.24) is 0 Å². The van der Waals surface area contributed by atoms with Crippen LogP contribution in [0.4, 0.5) is 26.3 Å². The van der Waals surface area contributed by atoms with E-state index in [0.717, 1.165) is 6.42 Å². The summed E-state index contributed by atoms with van der Waals surface area (Å²) >= 11 is 0. The van der Waals surface area contributed by atoms with E-state index in [-0.39, 0.29) is 5.41 Å². The third kappa shape index (κ3) is 7.74. The van der Waals surface area contributed by atoms with Gasteiger partial charge in [0, 0.05) is 6.42 Å². The Morgan fingerprint density at radius 2 is 1.35 bits per heavy atom. The van der Waals surface area contributed by atoms with Crippen molar-refractivity contribution in [3.8, 4) is 0 Å². The molecule has 26 heavy (non-hydrogen) atoms. The van der Waals surface area contributed by atoms with E-state index in [2.05, 4.69) is 0 Å². The van der Waals surface area contributed by atoms with Gasteiger partial charge in [0.05, 0.1) is 12.5 Å². The smallest absolute Gasteiger partial charge is 0.400 e. The molecule has 0 saturated heterocycles. The van der Waals surface area contributed by atoms with E-state index in [0.29, 0.717) is 12.8 Å². The summed E-state index contributed by atoms with van der Waals surface area (Å²) in [5, 5.41) is 0. The second kappa shape index (κ2) is 8.83. The van der Waals surface area contributed by atoms with Crippen molar-refractivity contribution in [3.63, 3.8) is 0 Å². The lowest BCUT2D eigenvalue weighted by molar-refractivity contribution is -0.287. The van der Waals surface area contributed by atoms with Crippen molar-refractivity contribution in [2.75, 3.05) is 6.61 Å². The van der Waals surface area contributed by atoms with Gasteiger partial charge >= 0.3 is 18.3 Å². The van der Waals surface area contributed by atoms with Crippen LogP contribution in [-0.2, 0) is 9.53 Å². The minimum atomic E-state index is -5.42. The van der Waals surface area contributed by atoms with Gasteiger partial charge in [-0.25, -0.2) is 0 Å². The number of carbonyl (C=O) groups excluding carboxylic acids is 1. The fraction of sp³-hybridized carbons (Fsp3) is 0.944. The maximum absolute atomic E-state index is 12.6. The van der Waals surface area contributed by atoms with Crippen molar-refractivity contribution < 1.29 is 35.9 Å². The third-order valence-electron chi connectivity index (χ3n) is 5.29. The first kappa shape index (κ1) is 25.1. The standard InChI is InChI=1S/C18H30F6O2/c1-7-15(3,4)11-12(16(5,6)8-2)14(25)26-10-9-13(17(19,20)21)18(22,23)24/h12-13H,7-11H2,1-6H3. The molecule has 1 unspecified atom stereocenters. The van der Waals surface area contributed by atoms with Crippen molar-refractivity contribution in [2.45, 2.75) is 79.6 Å². The van der Waals surface area contributed by atoms with Crippen LogP contribution >= 0.6 is 0 Å². The van der Waals surface area contributed by atoms with Gasteiger partial charge in [-0.2, -0.15) is 26.3 Å². The van der Waals surface area contributed by atoms with E-state index in [4.69, 9.17) is 4.74 Å². The number of hydrogen-bond acceptors (Lipinski definition) is 2. The van der Waals surface area contributed by atoms with E-state index >= 15 is 0 Å². The summed E-state index contributed by atoms with van der Waals surface area (Å²) in [6.45, 7) is 10.5. The SMILES string of the molecule is CCC(C)(C)CC(C(=O)OCCC(C(F)(F)F)C(F)(F)F)C(C)(C)CC. The van der Waals surface area contributed by atoms with Gasteiger partial charge in [0.25, 0.3) is 0 Å². The van der Waals surface area contributed by atoms with E-state index in [1.165, 1.54) is 0 Å². The molecule has 0 aliphatic rings. The summed E-state index contributed by atoms with van der Waals surface area (Å²) in [5.41, 5.74) is -0.673. The topological polar surface area (TPSA) is 26.3 Å². The van der Waals surface area contributed by atoms with Crippen LogP contribution in [0.15, 0.2) is 0 Å². The number of halogens is 6. The lowest BCUT2D eigenvalue weighted by Crippen LogP contribution is -2.39. The number of hydrogen-bond donors (Lipinski definition) is 0. The summed E-state index contributed by atoms with van der Waals surface area (Å²) in [6, 6.07) is 0. The molecule has 0 aliphatic carbocycles. The van der Waals surface area contributed by atoms with Gasteiger partial charge in [0.15, 0.2) is 5.92 Å². The van der Waals surface area contributed by atoms with Crippen LogP contribution in [0.25, 0.3) is 0 Å². The van der Waals surface area contributed by atoms with Crippen LogP contribution in [0.5, 0.6) is 0 Å². The van der Waals surface area contributed by atoms with Gasteiger partial charge < -0.3 is 4.74 Å². The summed E-state index contributed by atoms with van der Waals surface area (Å²) < 4.78 is 80.2. The molecule has 8 heteroatoms. The molecule has 0 aromatic heterocycles. The van der Waals surface area contributed by atoms with Gasteiger partial charge in [-0.3, -0.25) is 4.79 Å². The average molecular weight is 392 g/mol. The normalized spacial score (nSPS) is 15.3. The quantitative estimate of drug-likeness (QED) is 0.329. The highest BCUT2D eigenvalue weighted by atomic mass is 19.4. The molecule has 1 atom stereocenters. The molecule has 156 valence electrons. The first-order chi connectivity index (χ1) is 11.5. The van der Waals surface area contributed by atoms with Crippen LogP contribution < -0.4 is 0 Å². The first-order valence-corrected chi connectivity index (χ1v) is 8.78. The molecule has 0 rings (SSSR count). The molecule has 2 nitrogen and oxygen atoms in total. The Labute approximate surface area is 151 Å². The molecule has 0 amide bonds. The van der Waals surface area contributed by atoms with Crippen LogP contribution in [0, 0.1) is 22.7 Å². The Morgan fingerprint density at radius 3 is 1.69 bits per heavy atom. The second-order valence-electron chi connectivity index (χ2n) is 8.21. The summed E-state index contributed by atoms with van der Waals surface area (Å²) in [6.07, 6.45) is -10.3. The molecule has 0 fully saturated rings. The third-order valence-corrected chi connectivity index (χ3v) is 5.29. The van der Waals surface area contributed by atoms with E-state index in [1.807, 2.05) is 41.5 Å². The Bertz CT molecular complexity index is 438. The number of rotatable bonds is 9. The van der Waals surface area contributed by atoms with Crippen molar-refractivity contribution in [2.24, 2.45) is 22.7 Å². The molecule has 0 radical (unpaired) electrons. The second-order valence-corrected chi connectivity index (χ2v) is 8.21. The van der Waals surface area contributed by atoms with E-state index in [9.17, 15) is 31.1 Å². The summed E-state index contributed by atoms with van der Waals surface area (Å²) in [7, 11) is 0. The highest BCUT2D eigenvalue weighted by Gasteiger charge is 2.56. The minimum Gasteiger partial charge on any atom is -0.465 e. The molecule has 0 spiro atoms. The molecule has 0 aromatic carbocycles. The van der Waals surface area contributed by atoms with Crippen LogP contribution in [0.2, 0.25) is 0 Å². The van der Waals surface area contributed by atoms with Gasteiger partial charge in [-0.15, -0.1) is 0 Å². The van der Waals surface area contributed by atoms with Crippen LogP contribution in [-0.4, -0.2) is 24.9 Å². The predicted octanol–water partition coefficient (Wildman–Crippen LogP) is 6.54. The Hall–Kier alpha value is -0.950. The zero-order chi connectivity index (χ0) is 21.0. The first-order valence-electron chi connectivity index (χ1n) is 8.78. The fourth-order valence-corrected chi connectivity index (χ4v) is 2.51. The number of esters is 1. The van der Waals surface area contributed by atoms with E-state index < -0.39 is 48.6 Å². The van der Waals surface area contributed by atoms with Crippen LogP contribution in [0.1, 0.15) is 67.2 Å². The van der Waals surface area contributed by atoms with Gasteiger partial charge in [-0.1, -0.05) is 54.4 Å². The van der Waals surface area contributed by atoms with Crippen molar-refractivity contribution >= 4 is 5.97 Å². The number of alkyl halides is 6. The Balaban J connectivity index is 5.11. The molecule has 0 aromatic rings. The number of carbonyl (C=O) groups is 1. The predicted molar refractivity (Wildman–Crippen MR) is 87.4 cm³/mol. The van der Waals surface area contributed by atoms with Gasteiger partial charge in [-0.05, 0) is 17.3 Å². The zero-order valence-electron chi connectivity index (χ0n) is 16.3. The molecule has 0 aliphatic heterocycles. The maximum atomic E-state index is 12.6. The zero-order valence-corrected chi connectivity index (χ0v) is 16.3. The van der Waals surface area contributed by atoms with Gasteiger partial charge in [0.2, 0.25) is 0 Å². The molecule has 0 heterocycles. The maximum Gasteiger partial charge on any atom is 0.400 e. The Morgan fingerprint density at radius 1 is 0.885 bits per heavy atom. The molecule has 0 saturated carbocycles. The highest BCUT2D eigenvalue weighted by molar-refractivity contribution is 5.73. The lowest BCUT2D eigenvalue weighted by atomic mass is 9.68. The monoisotopic (exact) mass is 392 g/mol. The summed E-state index contributed by atoms with van der Waals surface area (Å²) in [5.74, 6) is -4.83. The molecule has 0 N–H and O–H groups in total. The van der Waals surface area contributed by atoms with Crippen molar-refractivity contribution in [3.05, 3.63) is 0 Å². The fourth-order valence-electron chi connectivity index (χ4n) is 2.51. The van der Waals surface area contributed by atoms with Crippen molar-refractivity contribution in [1.29, 1.82) is 0 Å². The van der Waals surface area contributed by atoms with Gasteiger partial charge in [0.1, 0.15) is 0 Å². The number of ether oxygens (including phenoxy) is 1. The molecular weight excluding hydrogens is 362 g/mol. The summed E-state index contributed by atoms with van der Waals surface area (Å²) in [4.78, 5) is 12.4. The van der Waals surface area contributed by atoms with Crippen LogP contribution in [0.3, 0.4) is 0 Å². The van der Waals surface area contributed by atoms with E-state index in [1.54, 1.807) is 0 Å². The Kier molecular flexibility index (Phi) is 8.50. The lowest BCUT2D eigenvalue weighted by Gasteiger charge is -2.37. The minimum absolute atomic E-state index is 0.198. The largest absolute Gasteiger partial charge is 0.465 e. The highest BCUT2D eigenvalue weighted by Crippen LogP contribution is 2.43.